The molecule has 0 aliphatic rings. The van der Waals surface area contributed by atoms with E-state index >= 15 is 0 Å². The van der Waals surface area contributed by atoms with Crippen molar-refractivity contribution in [2.45, 2.75) is 98.8 Å². The van der Waals surface area contributed by atoms with E-state index in [0.717, 1.165) is 0 Å². The molecule has 0 aliphatic carbocycles. The smallest absolute Gasteiger partial charge is 0.458 e. The van der Waals surface area contributed by atoms with Crippen LogP contribution in [-0.4, -0.2) is 59.8 Å². The zero-order valence-corrected chi connectivity index (χ0v) is 26.6. The minimum absolute atomic E-state index is 0.0909. The van der Waals surface area contributed by atoms with E-state index in [-0.39, 0.29) is 18.0 Å². The highest BCUT2D eigenvalue weighted by Gasteiger charge is 2.44. The van der Waals surface area contributed by atoms with Crippen molar-refractivity contribution < 1.29 is 37.8 Å². The van der Waals surface area contributed by atoms with Gasteiger partial charge in [-0.3, -0.25) is 9.32 Å². The Balaban J connectivity index is 0.00000781. The van der Waals surface area contributed by atoms with E-state index in [4.69, 9.17) is 18.5 Å². The fourth-order valence-electron chi connectivity index (χ4n) is 2.83. The summed E-state index contributed by atoms with van der Waals surface area (Å²) in [5, 5.41) is 10.6. The third kappa shape index (κ3) is 19.0. The van der Waals surface area contributed by atoms with Crippen LogP contribution in [0.3, 0.4) is 0 Å². The standard InChI is InChI=1S/C25H41N4O9P.C2H6/c1-18(22(31)36-24(2,3)4)28-21(30)17-27-39(34,38-20-13-11-19(29-33)12-14-20)35-16-10-8-9-15-26-23(32)37-25(5,6)7;1-2/h11-14,18,27,34H,8-10,15-17H2,1-7H3,(H-,26,28,30,32);1-2H3/p+1. The van der Waals surface area contributed by atoms with Gasteiger partial charge in [-0.15, -0.1) is 4.91 Å². The number of hydrogen-bond acceptors (Lipinski definition) is 11. The first-order valence-electron chi connectivity index (χ1n) is 13.7. The lowest BCUT2D eigenvalue weighted by atomic mass is 10.2. The van der Waals surface area contributed by atoms with Gasteiger partial charge in [0.25, 0.3) is 0 Å². The van der Waals surface area contributed by atoms with Crippen molar-refractivity contribution in [3.05, 3.63) is 29.2 Å². The summed E-state index contributed by atoms with van der Waals surface area (Å²) < 4.78 is 21.7. The first-order valence-corrected chi connectivity index (χ1v) is 15.2. The van der Waals surface area contributed by atoms with Crippen LogP contribution in [0.1, 0.15) is 81.6 Å². The molecule has 234 valence electrons. The second kappa shape index (κ2) is 18.5. The Morgan fingerprint density at radius 3 is 2.07 bits per heavy atom. The number of hydrogen-bond donors (Lipinski definition) is 4. The molecular weight excluding hydrogens is 555 g/mol. The molecule has 1 aromatic rings. The first kappa shape index (κ1) is 38.1. The summed E-state index contributed by atoms with van der Waals surface area (Å²) in [5.41, 5.74) is -1.11. The molecule has 13 nitrogen and oxygen atoms in total. The van der Waals surface area contributed by atoms with E-state index in [1.165, 1.54) is 31.2 Å². The predicted molar refractivity (Wildman–Crippen MR) is 159 cm³/mol. The molecule has 0 aromatic heterocycles. The summed E-state index contributed by atoms with van der Waals surface area (Å²) in [6, 6.07) is 4.75. The maximum Gasteiger partial charge on any atom is 0.544 e. The summed E-state index contributed by atoms with van der Waals surface area (Å²) in [5.74, 6) is -0.999. The van der Waals surface area contributed by atoms with Gasteiger partial charge in [-0.05, 0) is 97.2 Å². The number of esters is 1. The van der Waals surface area contributed by atoms with E-state index in [2.05, 4.69) is 20.9 Å². The molecule has 0 heterocycles. The lowest BCUT2D eigenvalue weighted by Crippen LogP contribution is -2.45. The number of amides is 2. The number of nitrogens with zero attached hydrogens (tertiary/aromatic N) is 1. The Hall–Kier alpha value is -2.86. The summed E-state index contributed by atoms with van der Waals surface area (Å²) in [6.45, 7) is 16.1. The van der Waals surface area contributed by atoms with Crippen molar-refractivity contribution in [1.29, 1.82) is 0 Å². The molecule has 0 fully saturated rings. The van der Waals surface area contributed by atoms with Crippen LogP contribution in [0, 0.1) is 4.91 Å². The number of benzene rings is 1. The molecule has 0 saturated heterocycles. The van der Waals surface area contributed by atoms with Crippen LogP contribution in [0.15, 0.2) is 29.4 Å². The number of carbonyl (C=O) groups excluding carboxylic acids is 3. The normalized spacial score (nSPS) is 13.4. The minimum Gasteiger partial charge on any atom is -0.458 e. The van der Waals surface area contributed by atoms with Crippen LogP contribution in [0.25, 0.3) is 0 Å². The summed E-state index contributed by atoms with van der Waals surface area (Å²) in [7, 11) is -3.79. The summed E-state index contributed by atoms with van der Waals surface area (Å²) in [4.78, 5) is 57.9. The lowest BCUT2D eigenvalue weighted by molar-refractivity contribution is -0.158. The molecule has 2 unspecified atom stereocenters. The van der Waals surface area contributed by atoms with Crippen molar-refractivity contribution in [3.8, 4) is 5.75 Å². The van der Waals surface area contributed by atoms with Gasteiger partial charge in [-0.1, -0.05) is 18.9 Å². The van der Waals surface area contributed by atoms with Gasteiger partial charge >= 0.3 is 20.2 Å². The lowest BCUT2D eigenvalue weighted by Gasteiger charge is -2.23. The Morgan fingerprint density at radius 2 is 1.54 bits per heavy atom. The summed E-state index contributed by atoms with van der Waals surface area (Å²) in [6.07, 6.45) is 1.35. The van der Waals surface area contributed by atoms with Crippen LogP contribution in [-0.2, 0) is 23.6 Å². The summed E-state index contributed by atoms with van der Waals surface area (Å²) >= 11 is 0. The SMILES string of the molecule is CC.CC(NC(=O)CN[P+](O)(OCCCCCNC(=O)OC(C)(C)C)Oc1ccc(N=O)cc1)C(=O)OC(C)(C)C. The molecule has 0 saturated carbocycles. The molecule has 2 atom stereocenters. The topological polar surface area (TPSA) is 174 Å². The molecular formula is C27H48N4O9P+. The van der Waals surface area contributed by atoms with E-state index in [1.807, 2.05) is 13.8 Å². The van der Waals surface area contributed by atoms with Gasteiger partial charge in [-0.2, -0.15) is 9.42 Å². The third-order valence-electron chi connectivity index (χ3n) is 4.50. The van der Waals surface area contributed by atoms with Gasteiger partial charge in [0.05, 0.1) is 6.61 Å². The molecule has 0 radical (unpaired) electrons. The van der Waals surface area contributed by atoms with Crippen LogP contribution in [0.2, 0.25) is 0 Å². The van der Waals surface area contributed by atoms with Gasteiger partial charge in [0.2, 0.25) is 5.91 Å². The second-order valence-electron chi connectivity index (χ2n) is 10.7. The predicted octanol–water partition coefficient (Wildman–Crippen LogP) is 5.31. The van der Waals surface area contributed by atoms with Crippen molar-refractivity contribution in [2.75, 3.05) is 19.7 Å². The fourth-order valence-corrected chi connectivity index (χ4v) is 4.16. The Bertz CT molecular complexity index is 950. The quantitative estimate of drug-likeness (QED) is 0.0890. The number of nitrogens with one attached hydrogen (secondary N) is 3. The van der Waals surface area contributed by atoms with Gasteiger partial charge in [-0.25, -0.2) is 9.59 Å². The second-order valence-corrected chi connectivity index (χ2v) is 12.5. The Kier molecular flexibility index (Phi) is 17.3. The third-order valence-corrected chi connectivity index (χ3v) is 6.05. The fraction of sp³-hybridized carbons (Fsp3) is 0.667. The van der Waals surface area contributed by atoms with E-state index in [9.17, 15) is 24.2 Å². The van der Waals surface area contributed by atoms with Crippen LogP contribution in [0.4, 0.5) is 10.5 Å². The number of unbranched alkanes of at least 4 members (excludes halogenated alkanes) is 2. The number of alkyl carbamates (subject to hydrolysis) is 1. The average Bonchev–Trinajstić information content (AvgIpc) is 2.86. The van der Waals surface area contributed by atoms with Gasteiger partial charge in [0.15, 0.2) is 5.75 Å². The number of carbonyl (C=O) groups is 3. The highest BCUT2D eigenvalue weighted by Crippen LogP contribution is 2.52. The number of ether oxygens (including phenoxy) is 2. The molecule has 0 bridgehead atoms. The van der Waals surface area contributed by atoms with Crippen molar-refractivity contribution >= 4 is 31.8 Å². The molecule has 14 heteroatoms. The van der Waals surface area contributed by atoms with E-state index in [1.54, 1.807) is 41.5 Å². The maximum absolute atomic E-state index is 12.4. The van der Waals surface area contributed by atoms with Crippen LogP contribution in [0.5, 0.6) is 5.75 Å². The van der Waals surface area contributed by atoms with Crippen molar-refractivity contribution in [1.82, 2.24) is 15.7 Å². The molecule has 0 spiro atoms. The first-order chi connectivity index (χ1) is 19.0. The van der Waals surface area contributed by atoms with Crippen molar-refractivity contribution in [2.24, 2.45) is 5.18 Å². The highest BCUT2D eigenvalue weighted by molar-refractivity contribution is 7.58. The monoisotopic (exact) mass is 603 g/mol. The maximum atomic E-state index is 12.4. The molecule has 1 aromatic carbocycles. The molecule has 0 aliphatic heterocycles. The van der Waals surface area contributed by atoms with Gasteiger partial charge in [0, 0.05) is 6.54 Å². The molecule has 41 heavy (non-hydrogen) atoms. The van der Waals surface area contributed by atoms with Gasteiger partial charge < -0.3 is 20.1 Å². The molecule has 4 N–H and O–H groups in total. The van der Waals surface area contributed by atoms with E-state index < -0.39 is 49.9 Å². The van der Waals surface area contributed by atoms with Crippen LogP contribution < -0.4 is 20.2 Å². The average molecular weight is 604 g/mol. The molecule has 2 amide bonds. The largest absolute Gasteiger partial charge is 0.544 e. The zero-order chi connectivity index (χ0) is 31.7. The van der Waals surface area contributed by atoms with Gasteiger partial charge in [0.1, 0.15) is 29.5 Å². The number of nitroso groups, excluding NO2 is 1. The minimum atomic E-state index is -3.79. The Labute approximate surface area is 244 Å². The highest BCUT2D eigenvalue weighted by atomic mass is 31.2. The van der Waals surface area contributed by atoms with E-state index in [0.29, 0.717) is 25.8 Å². The Morgan fingerprint density at radius 1 is 0.951 bits per heavy atom. The van der Waals surface area contributed by atoms with Crippen molar-refractivity contribution in [3.63, 3.8) is 0 Å². The number of rotatable bonds is 15. The molecule has 1 rings (SSSR count). The zero-order valence-electron chi connectivity index (χ0n) is 25.7. The van der Waals surface area contributed by atoms with Crippen LogP contribution >= 0.6 is 8.09 Å².